The zero-order chi connectivity index (χ0) is 49.0. The molecule has 4 atom stereocenters. The van der Waals surface area contributed by atoms with E-state index < -0.39 is 81.0 Å². The number of rotatable bonds is 23. The van der Waals surface area contributed by atoms with Crippen LogP contribution in [0, 0.1) is 32.1 Å². The summed E-state index contributed by atoms with van der Waals surface area (Å²) < 4.78 is 41.8. The molecule has 1 aliphatic rings. The minimum absolute atomic E-state index is 0.00705. The van der Waals surface area contributed by atoms with Crippen molar-refractivity contribution in [2.24, 2.45) is 11.7 Å². The Morgan fingerprint density at radius 3 is 1.97 bits per heavy atom. The number of unbranched alkanes of at least 4 members (excludes halogenated alkanes) is 1. The normalized spacial score (nSPS) is 15.0. The van der Waals surface area contributed by atoms with Gasteiger partial charge < -0.3 is 46.9 Å². The number of nitrogens with one attached hydrogen (secondary N) is 7. The van der Waals surface area contributed by atoms with Gasteiger partial charge in [0.25, 0.3) is 10.0 Å². The smallest absolute Gasteiger partial charge is 0.326 e. The first kappa shape index (κ1) is 53.9. The number of amides is 4. The van der Waals surface area contributed by atoms with E-state index in [0.29, 0.717) is 53.0 Å². The fourth-order valence-electron chi connectivity index (χ4n) is 7.59. The second-order valence-electron chi connectivity index (χ2n) is 18.8. The average molecular weight is 929 g/mol. The van der Waals surface area contributed by atoms with Gasteiger partial charge in [-0.2, -0.15) is 0 Å². The second kappa shape index (κ2) is 23.2. The van der Waals surface area contributed by atoms with Crippen LogP contribution in [0.15, 0.2) is 29.2 Å². The SMILES string of the molecule is CCCC[C@H](NC(=O)CN)C(=O)N[C@@H](CCCNC(=N)NS(=O)(=O)c1c(C)c(C)c2c(c1C)CC(C)(C)O2)C(=O)N[C@@H](CC(C)C)C(=O)N[C@@H](Cc1ccc(OC(C)(C)C)cc1)C(=O)O. The van der Waals surface area contributed by atoms with Crippen molar-refractivity contribution >= 4 is 45.6 Å². The third-order valence-electron chi connectivity index (χ3n) is 10.8. The van der Waals surface area contributed by atoms with E-state index >= 15 is 0 Å². The summed E-state index contributed by atoms with van der Waals surface area (Å²) in [6, 6.07) is 2.03. The van der Waals surface area contributed by atoms with Gasteiger partial charge in [-0.15, -0.1) is 0 Å². The number of aliphatic carboxylic acids is 1. The minimum Gasteiger partial charge on any atom is -0.488 e. The summed E-state index contributed by atoms with van der Waals surface area (Å²) in [6.45, 7) is 20.0. The lowest BCUT2D eigenvalue weighted by Gasteiger charge is -2.27. The fraction of sp³-hybridized carbons (Fsp3) is 0.609. The Morgan fingerprint density at radius 2 is 1.42 bits per heavy atom. The van der Waals surface area contributed by atoms with Crippen molar-refractivity contribution in [2.75, 3.05) is 13.1 Å². The molecule has 19 heteroatoms. The summed E-state index contributed by atoms with van der Waals surface area (Å²) in [7, 11) is -4.22. The molecule has 1 aliphatic heterocycles. The standard InChI is InChI=1S/C46H72N8O10S/c1-12-13-15-33(50-37(55)25-47)40(56)51-34(16-14-21-49-44(48)54-65(61,62)39-28(5)27(4)38-32(29(39)6)24-46(10,11)64-38)41(57)52-35(22-26(2)3)42(58)53-36(43(59)60)23-30-17-19-31(20-18-30)63-45(7,8)9/h17-20,26,33-36H,12-16,21-25,47H2,1-11H3,(H,50,55)(H,51,56)(H,52,57)(H,53,58)(H,59,60)(H3,48,49,54)/t33-,34-,35-,36-/m0/s1. The molecule has 0 bridgehead atoms. The number of carbonyl (C=O) groups is 5. The lowest BCUT2D eigenvalue weighted by Crippen LogP contribution is -2.58. The summed E-state index contributed by atoms with van der Waals surface area (Å²) in [5.41, 5.74) is 7.74. The molecule has 0 saturated heterocycles. The number of hydrogen-bond acceptors (Lipinski definition) is 11. The lowest BCUT2D eigenvalue weighted by atomic mass is 9.94. The number of guanidine groups is 1. The number of hydrogen-bond donors (Lipinski definition) is 9. The Morgan fingerprint density at radius 1 is 0.862 bits per heavy atom. The highest BCUT2D eigenvalue weighted by atomic mass is 32.2. The molecule has 0 aromatic heterocycles. The molecule has 2 aromatic carbocycles. The van der Waals surface area contributed by atoms with Crippen LogP contribution < -0.4 is 46.5 Å². The summed E-state index contributed by atoms with van der Waals surface area (Å²) in [6.07, 6.45) is 2.23. The van der Waals surface area contributed by atoms with Gasteiger partial charge in [0, 0.05) is 24.9 Å². The van der Waals surface area contributed by atoms with Crippen LogP contribution in [-0.4, -0.2) is 97.5 Å². The van der Waals surface area contributed by atoms with Gasteiger partial charge in [-0.3, -0.25) is 24.6 Å². The molecule has 0 saturated carbocycles. The van der Waals surface area contributed by atoms with Gasteiger partial charge >= 0.3 is 5.97 Å². The number of carboxylic acids is 1. The quantitative estimate of drug-likeness (QED) is 0.0440. The van der Waals surface area contributed by atoms with Crippen LogP contribution in [0.3, 0.4) is 0 Å². The van der Waals surface area contributed by atoms with E-state index in [4.69, 9.17) is 20.6 Å². The first-order valence-corrected chi connectivity index (χ1v) is 23.7. The third-order valence-corrected chi connectivity index (χ3v) is 12.4. The second-order valence-corrected chi connectivity index (χ2v) is 20.4. The third kappa shape index (κ3) is 16.2. The van der Waals surface area contributed by atoms with Crippen molar-refractivity contribution in [3.05, 3.63) is 52.1 Å². The van der Waals surface area contributed by atoms with Crippen molar-refractivity contribution in [3.8, 4) is 11.5 Å². The van der Waals surface area contributed by atoms with Crippen LogP contribution in [0.25, 0.3) is 0 Å². The predicted octanol–water partition coefficient (Wildman–Crippen LogP) is 3.55. The maximum absolute atomic E-state index is 14.1. The molecular weight excluding hydrogens is 857 g/mol. The van der Waals surface area contributed by atoms with Crippen LogP contribution in [0.1, 0.15) is 122 Å². The molecule has 1 heterocycles. The Hall–Kier alpha value is -5.43. The highest BCUT2D eigenvalue weighted by Crippen LogP contribution is 2.43. The van der Waals surface area contributed by atoms with E-state index in [1.807, 2.05) is 55.4 Å². The molecule has 0 fully saturated rings. The van der Waals surface area contributed by atoms with Crippen molar-refractivity contribution in [2.45, 2.75) is 168 Å². The summed E-state index contributed by atoms with van der Waals surface area (Å²) >= 11 is 0. The number of carbonyl (C=O) groups excluding carboxylic acids is 4. The minimum atomic E-state index is -4.22. The maximum Gasteiger partial charge on any atom is 0.326 e. The number of nitrogens with two attached hydrogens (primary N) is 1. The maximum atomic E-state index is 14.1. The Bertz CT molecular complexity index is 2150. The van der Waals surface area contributed by atoms with Crippen molar-refractivity contribution in [1.29, 1.82) is 5.41 Å². The number of carboxylic acid groups (broad SMARTS) is 1. The van der Waals surface area contributed by atoms with Gasteiger partial charge in [0.2, 0.25) is 29.6 Å². The van der Waals surface area contributed by atoms with Crippen LogP contribution >= 0.6 is 0 Å². The van der Waals surface area contributed by atoms with Gasteiger partial charge in [0.1, 0.15) is 46.9 Å². The predicted molar refractivity (Wildman–Crippen MR) is 248 cm³/mol. The van der Waals surface area contributed by atoms with Gasteiger partial charge in [0.15, 0.2) is 0 Å². The number of benzene rings is 2. The van der Waals surface area contributed by atoms with E-state index in [9.17, 15) is 37.5 Å². The number of fused-ring (bicyclic) bond motifs is 1. The molecule has 0 radical (unpaired) electrons. The van der Waals surface area contributed by atoms with E-state index in [1.165, 1.54) is 0 Å². The molecule has 4 amide bonds. The van der Waals surface area contributed by atoms with E-state index in [-0.39, 0.29) is 56.0 Å². The molecule has 3 rings (SSSR count). The van der Waals surface area contributed by atoms with Crippen molar-refractivity contribution < 1.29 is 47.0 Å². The highest BCUT2D eigenvalue weighted by Gasteiger charge is 2.37. The van der Waals surface area contributed by atoms with Gasteiger partial charge in [-0.1, -0.05) is 45.7 Å². The molecule has 0 spiro atoms. The lowest BCUT2D eigenvalue weighted by molar-refractivity contribution is -0.142. The van der Waals surface area contributed by atoms with Gasteiger partial charge in [0.05, 0.1) is 11.4 Å². The summed E-state index contributed by atoms with van der Waals surface area (Å²) in [5.74, 6) is -3.37. The van der Waals surface area contributed by atoms with Crippen molar-refractivity contribution in [3.63, 3.8) is 0 Å². The Balaban J connectivity index is 1.80. The van der Waals surface area contributed by atoms with Crippen LogP contribution in [-0.2, 0) is 46.8 Å². The average Bonchev–Trinajstić information content (AvgIpc) is 3.54. The van der Waals surface area contributed by atoms with Gasteiger partial charge in [-0.25, -0.2) is 17.9 Å². The zero-order valence-corrected chi connectivity index (χ0v) is 40.7. The van der Waals surface area contributed by atoms with Gasteiger partial charge in [-0.05, 0) is 121 Å². The Kier molecular flexibility index (Phi) is 19.2. The number of sulfonamides is 1. The zero-order valence-electron chi connectivity index (χ0n) is 39.9. The molecule has 10 N–H and O–H groups in total. The van der Waals surface area contributed by atoms with Crippen molar-refractivity contribution in [1.82, 2.24) is 31.3 Å². The van der Waals surface area contributed by atoms with Crippen LogP contribution in [0.4, 0.5) is 0 Å². The molecule has 65 heavy (non-hydrogen) atoms. The summed E-state index contributed by atoms with van der Waals surface area (Å²) in [4.78, 5) is 66.3. The first-order chi connectivity index (χ1) is 30.2. The first-order valence-electron chi connectivity index (χ1n) is 22.3. The fourth-order valence-corrected chi connectivity index (χ4v) is 9.12. The van der Waals surface area contributed by atoms with E-state index in [0.717, 1.165) is 5.56 Å². The molecule has 0 unspecified atom stereocenters. The topological polar surface area (TPSA) is 280 Å². The molecule has 18 nitrogen and oxygen atoms in total. The molecule has 362 valence electrons. The highest BCUT2D eigenvalue weighted by molar-refractivity contribution is 7.90. The molecule has 0 aliphatic carbocycles. The Labute approximate surface area is 384 Å². The number of ether oxygens (including phenoxy) is 2. The largest absolute Gasteiger partial charge is 0.488 e. The van der Waals surface area contributed by atoms with Crippen LogP contribution in [0.5, 0.6) is 11.5 Å². The van der Waals surface area contributed by atoms with E-state index in [2.05, 4.69) is 31.3 Å². The van der Waals surface area contributed by atoms with E-state index in [1.54, 1.807) is 45.0 Å². The summed E-state index contributed by atoms with van der Waals surface area (Å²) in [5, 5.41) is 31.9. The molecule has 2 aromatic rings. The van der Waals surface area contributed by atoms with Crippen LogP contribution in [0.2, 0.25) is 0 Å². The monoisotopic (exact) mass is 929 g/mol. The molecular formula is C46H72N8O10S.